The van der Waals surface area contributed by atoms with E-state index in [4.69, 9.17) is 5.73 Å². The van der Waals surface area contributed by atoms with Crippen molar-refractivity contribution in [1.29, 1.82) is 0 Å². The summed E-state index contributed by atoms with van der Waals surface area (Å²) >= 11 is 6.93. The van der Waals surface area contributed by atoms with Crippen molar-refractivity contribution in [2.24, 2.45) is 0 Å². The number of nitrogens with zero attached hydrogens (tertiary/aromatic N) is 2. The number of aromatic nitrogens is 2. The maximum Gasteiger partial charge on any atom is 0.174 e. The van der Waals surface area contributed by atoms with Crippen molar-refractivity contribution in [2.45, 2.75) is 0 Å². The highest BCUT2D eigenvalue weighted by Crippen LogP contribution is 2.30. The third kappa shape index (κ3) is 2.62. The zero-order valence-electron chi connectivity index (χ0n) is 10.3. The number of nitrogens with one attached hydrogen (secondary N) is 1. The summed E-state index contributed by atoms with van der Waals surface area (Å²) in [5.74, 6) is 0.915. The number of hydrogen-bond acceptors (Lipinski definition) is 4. The molecule has 0 spiro atoms. The second kappa shape index (κ2) is 5.38. The van der Waals surface area contributed by atoms with E-state index in [1.54, 1.807) is 0 Å². The molecule has 4 nitrogen and oxygen atoms in total. The molecule has 3 aromatic rings. The Labute approximate surface area is 132 Å². The highest BCUT2D eigenvalue weighted by Gasteiger charge is 2.08. The van der Waals surface area contributed by atoms with Crippen molar-refractivity contribution in [2.75, 3.05) is 11.1 Å². The number of nitrogens with two attached hydrogens (primary N) is 1. The van der Waals surface area contributed by atoms with E-state index in [1.807, 2.05) is 42.5 Å². The van der Waals surface area contributed by atoms with Gasteiger partial charge in [0.1, 0.15) is 0 Å². The molecule has 0 aliphatic rings. The zero-order chi connectivity index (χ0) is 14.1. The molecule has 100 valence electrons. The molecule has 20 heavy (non-hydrogen) atoms. The Bertz CT molecular complexity index is 789. The van der Waals surface area contributed by atoms with Crippen molar-refractivity contribution < 1.29 is 0 Å². The molecule has 0 bridgehead atoms. The molecule has 0 saturated carbocycles. The van der Waals surface area contributed by atoms with Crippen LogP contribution in [0, 0.1) is 0 Å². The van der Waals surface area contributed by atoms with E-state index in [1.165, 1.54) is 0 Å². The van der Waals surface area contributed by atoms with Crippen molar-refractivity contribution in [1.82, 2.24) is 9.97 Å². The minimum Gasteiger partial charge on any atom is -0.381 e. The molecule has 0 amide bonds. The Balaban J connectivity index is 2.06. The van der Waals surface area contributed by atoms with Crippen molar-refractivity contribution in [3.05, 3.63) is 51.4 Å². The predicted octanol–water partition coefficient (Wildman–Crippen LogP) is 4.48. The average Bonchev–Trinajstić information content (AvgIpc) is 2.43. The lowest BCUT2D eigenvalue weighted by Gasteiger charge is -2.11. The summed E-state index contributed by atoms with van der Waals surface area (Å²) in [6.07, 6.45) is 0. The van der Waals surface area contributed by atoms with E-state index in [2.05, 4.69) is 47.1 Å². The molecule has 0 fully saturated rings. The van der Waals surface area contributed by atoms with Gasteiger partial charge in [-0.15, -0.1) is 0 Å². The van der Waals surface area contributed by atoms with Crippen LogP contribution < -0.4 is 11.1 Å². The van der Waals surface area contributed by atoms with Gasteiger partial charge in [-0.25, -0.2) is 9.97 Å². The van der Waals surface area contributed by atoms with Gasteiger partial charge in [0.05, 0.1) is 16.7 Å². The van der Waals surface area contributed by atoms with Gasteiger partial charge >= 0.3 is 0 Å². The first-order chi connectivity index (χ1) is 9.63. The molecule has 3 N–H and O–H groups in total. The van der Waals surface area contributed by atoms with Gasteiger partial charge < -0.3 is 11.1 Å². The third-order valence-corrected chi connectivity index (χ3v) is 3.96. The van der Waals surface area contributed by atoms with E-state index < -0.39 is 0 Å². The number of benzene rings is 2. The lowest BCUT2D eigenvalue weighted by Crippen LogP contribution is -2.02. The predicted molar refractivity (Wildman–Crippen MR) is 89.1 cm³/mol. The van der Waals surface area contributed by atoms with Gasteiger partial charge in [-0.2, -0.15) is 0 Å². The molecule has 1 heterocycles. The molecule has 2 aromatic carbocycles. The van der Waals surface area contributed by atoms with Crippen LogP contribution in [0.5, 0.6) is 0 Å². The number of hydrogen-bond donors (Lipinski definition) is 2. The molecular weight excluding hydrogens is 384 g/mol. The minimum atomic E-state index is 0.371. The summed E-state index contributed by atoms with van der Waals surface area (Å²) in [5.41, 5.74) is 8.41. The minimum absolute atomic E-state index is 0.371. The summed E-state index contributed by atoms with van der Waals surface area (Å²) in [6, 6.07) is 13.5. The van der Waals surface area contributed by atoms with E-state index in [9.17, 15) is 0 Å². The highest BCUT2D eigenvalue weighted by molar-refractivity contribution is 9.11. The fraction of sp³-hybridized carbons (Fsp3) is 0. The molecule has 0 unspecified atom stereocenters. The maximum atomic E-state index is 5.96. The Morgan fingerprint density at radius 2 is 1.65 bits per heavy atom. The van der Waals surface area contributed by atoms with Gasteiger partial charge in [0.2, 0.25) is 0 Å². The average molecular weight is 394 g/mol. The second-order valence-electron chi connectivity index (χ2n) is 4.20. The Hall–Kier alpha value is -1.66. The molecule has 0 radical (unpaired) electrons. The van der Waals surface area contributed by atoms with Gasteiger partial charge in [0.25, 0.3) is 0 Å². The zero-order valence-corrected chi connectivity index (χ0v) is 13.4. The van der Waals surface area contributed by atoms with E-state index in [0.29, 0.717) is 11.6 Å². The Morgan fingerprint density at radius 3 is 2.40 bits per heavy atom. The number of rotatable bonds is 2. The number of halogens is 2. The molecule has 0 aliphatic carbocycles. The fourth-order valence-electron chi connectivity index (χ4n) is 1.83. The molecule has 0 saturated heterocycles. The lowest BCUT2D eigenvalue weighted by molar-refractivity contribution is 1.28. The standard InChI is InChI=1S/C14H10Br2N4/c15-8-5-6-9(16)12(7-8)20-14-13(17)18-10-3-1-2-4-11(10)19-14/h1-7H,(H2,17,18)(H,19,20). The molecule has 0 atom stereocenters. The molecule has 3 rings (SSSR count). The topological polar surface area (TPSA) is 63.8 Å². The number of fused-ring (bicyclic) bond motifs is 1. The lowest BCUT2D eigenvalue weighted by atomic mass is 10.3. The fourth-order valence-corrected chi connectivity index (χ4v) is 2.53. The molecular formula is C14H10Br2N4. The van der Waals surface area contributed by atoms with E-state index in [0.717, 1.165) is 25.7 Å². The van der Waals surface area contributed by atoms with E-state index in [-0.39, 0.29) is 0 Å². The Kier molecular flexibility index (Phi) is 3.58. The second-order valence-corrected chi connectivity index (χ2v) is 5.97. The number of para-hydroxylation sites is 2. The molecule has 6 heteroatoms. The van der Waals surface area contributed by atoms with Crippen LogP contribution in [-0.4, -0.2) is 9.97 Å². The van der Waals surface area contributed by atoms with Crippen LogP contribution in [0.15, 0.2) is 51.4 Å². The van der Waals surface area contributed by atoms with Crippen molar-refractivity contribution in [3.8, 4) is 0 Å². The first kappa shape index (κ1) is 13.3. The van der Waals surface area contributed by atoms with Crippen molar-refractivity contribution >= 4 is 60.2 Å². The molecule has 1 aromatic heterocycles. The van der Waals surface area contributed by atoms with Crippen molar-refractivity contribution in [3.63, 3.8) is 0 Å². The van der Waals surface area contributed by atoms with Gasteiger partial charge in [-0.05, 0) is 46.3 Å². The van der Waals surface area contributed by atoms with Crippen LogP contribution in [0.3, 0.4) is 0 Å². The Morgan fingerprint density at radius 1 is 0.950 bits per heavy atom. The quantitative estimate of drug-likeness (QED) is 0.673. The van der Waals surface area contributed by atoms with Crippen LogP contribution in [0.1, 0.15) is 0 Å². The van der Waals surface area contributed by atoms with Crippen LogP contribution in [0.2, 0.25) is 0 Å². The van der Waals surface area contributed by atoms with Gasteiger partial charge in [-0.1, -0.05) is 28.1 Å². The molecule has 0 aliphatic heterocycles. The normalized spacial score (nSPS) is 10.7. The SMILES string of the molecule is Nc1nc2ccccc2nc1Nc1cc(Br)ccc1Br. The number of anilines is 3. The third-order valence-electron chi connectivity index (χ3n) is 2.78. The largest absolute Gasteiger partial charge is 0.381 e. The smallest absolute Gasteiger partial charge is 0.174 e. The maximum absolute atomic E-state index is 5.96. The monoisotopic (exact) mass is 392 g/mol. The van der Waals surface area contributed by atoms with Gasteiger partial charge in [0, 0.05) is 8.95 Å². The summed E-state index contributed by atoms with van der Waals surface area (Å²) in [5, 5.41) is 3.20. The van der Waals surface area contributed by atoms with Crippen LogP contribution in [0.25, 0.3) is 11.0 Å². The first-order valence-corrected chi connectivity index (χ1v) is 7.46. The van der Waals surface area contributed by atoms with Crippen LogP contribution in [0.4, 0.5) is 17.3 Å². The van der Waals surface area contributed by atoms with Crippen LogP contribution in [-0.2, 0) is 0 Å². The number of nitrogen functional groups attached to an aromatic ring is 1. The van der Waals surface area contributed by atoms with E-state index >= 15 is 0 Å². The highest BCUT2D eigenvalue weighted by atomic mass is 79.9. The summed E-state index contributed by atoms with van der Waals surface area (Å²) < 4.78 is 1.89. The summed E-state index contributed by atoms with van der Waals surface area (Å²) in [6.45, 7) is 0. The summed E-state index contributed by atoms with van der Waals surface area (Å²) in [4.78, 5) is 8.86. The first-order valence-electron chi connectivity index (χ1n) is 5.88. The summed E-state index contributed by atoms with van der Waals surface area (Å²) in [7, 11) is 0. The van der Waals surface area contributed by atoms with Gasteiger partial charge in [0.15, 0.2) is 11.6 Å². The van der Waals surface area contributed by atoms with Crippen LogP contribution >= 0.6 is 31.9 Å². The van der Waals surface area contributed by atoms with Gasteiger partial charge in [-0.3, -0.25) is 0 Å².